The number of hydrogen-bond donors (Lipinski definition) is 3. The lowest BCUT2D eigenvalue weighted by Crippen LogP contribution is -2.05. The Morgan fingerprint density at radius 3 is 1.26 bits per heavy atom. The molecule has 0 unspecified atom stereocenters. The van der Waals surface area contributed by atoms with Crippen molar-refractivity contribution in [1.29, 1.82) is 0 Å². The zero-order valence-corrected chi connectivity index (χ0v) is 38.7. The molecule has 350 valence electrons. The second kappa shape index (κ2) is 21.3. The van der Waals surface area contributed by atoms with E-state index in [1.54, 1.807) is 56.6 Å². The second-order valence-corrected chi connectivity index (χ2v) is 17.3. The number of hydrogen-bond acceptors (Lipinski definition) is 12. The van der Waals surface area contributed by atoms with Crippen molar-refractivity contribution < 1.29 is 13.2 Å². The number of aromatic nitrogens is 12. The highest BCUT2D eigenvalue weighted by atomic mass is 35.5. The van der Waals surface area contributed by atoms with Gasteiger partial charge in [-0.25, -0.2) is 32.2 Å². The van der Waals surface area contributed by atoms with Gasteiger partial charge in [0.15, 0.2) is 0 Å². The van der Waals surface area contributed by atoms with Crippen molar-refractivity contribution in [3.05, 3.63) is 184 Å². The Bertz CT molecular complexity index is 3090. The first kappa shape index (κ1) is 46.7. The van der Waals surface area contributed by atoms with Crippen LogP contribution in [0.15, 0.2) is 134 Å². The van der Waals surface area contributed by atoms with Crippen molar-refractivity contribution >= 4 is 63.5 Å². The van der Waals surface area contributed by atoms with E-state index in [-0.39, 0.29) is 17.5 Å². The van der Waals surface area contributed by atoms with E-state index in [1.807, 2.05) is 36.8 Å². The van der Waals surface area contributed by atoms with E-state index < -0.39 is 0 Å². The molecule has 0 amide bonds. The molecule has 0 saturated heterocycles. The predicted molar refractivity (Wildman–Crippen MR) is 259 cm³/mol. The zero-order chi connectivity index (χ0) is 47.9. The van der Waals surface area contributed by atoms with Gasteiger partial charge in [-0.3, -0.25) is 0 Å². The van der Waals surface area contributed by atoms with Crippen LogP contribution in [0.3, 0.4) is 0 Å². The van der Waals surface area contributed by atoms with Gasteiger partial charge >= 0.3 is 0 Å². The van der Waals surface area contributed by atoms with Crippen LogP contribution in [0, 0.1) is 17.5 Å². The number of benzene rings is 3. The summed E-state index contributed by atoms with van der Waals surface area (Å²) >= 11 is 17.7. The molecule has 21 heteroatoms. The minimum absolute atomic E-state index is 0.251. The Labute approximate surface area is 408 Å². The maximum absolute atomic E-state index is 13.0. The molecule has 0 radical (unpaired) electrons. The highest BCUT2D eigenvalue weighted by Gasteiger charge is 2.28. The molecule has 0 spiro atoms. The summed E-state index contributed by atoms with van der Waals surface area (Å²) in [7, 11) is 0. The highest BCUT2D eigenvalue weighted by molar-refractivity contribution is 6.33. The Morgan fingerprint density at radius 2 is 0.826 bits per heavy atom. The number of nitrogens with two attached hydrogens (primary N) is 1. The molecule has 0 aliphatic heterocycles. The molecule has 3 aliphatic rings. The van der Waals surface area contributed by atoms with Gasteiger partial charge in [0.1, 0.15) is 44.5 Å². The second-order valence-electron chi connectivity index (χ2n) is 16.1. The Balaban J connectivity index is 0.000000121. The van der Waals surface area contributed by atoms with Crippen molar-refractivity contribution in [2.75, 3.05) is 16.4 Å². The van der Waals surface area contributed by atoms with Gasteiger partial charge in [0.25, 0.3) is 17.8 Å². The van der Waals surface area contributed by atoms with E-state index in [4.69, 9.17) is 40.5 Å². The first-order valence-corrected chi connectivity index (χ1v) is 22.9. The maximum Gasteiger partial charge on any atom is 0.253 e. The molecule has 12 rings (SSSR count). The lowest BCUT2D eigenvalue weighted by Gasteiger charge is -2.08. The van der Waals surface area contributed by atoms with Gasteiger partial charge in [-0.15, -0.1) is 0 Å². The Hall–Kier alpha value is -7.41. The summed E-state index contributed by atoms with van der Waals surface area (Å²) in [5.74, 6) is 3.44. The van der Waals surface area contributed by atoms with Crippen molar-refractivity contribution in [2.24, 2.45) is 0 Å². The summed E-state index contributed by atoms with van der Waals surface area (Å²) in [4.78, 5) is 25.4. The quantitative estimate of drug-likeness (QED) is 0.0873. The number of halogens is 6. The van der Waals surface area contributed by atoms with Crippen LogP contribution < -0.4 is 16.4 Å². The average Bonchev–Trinajstić information content (AvgIpc) is 4.33. The third kappa shape index (κ3) is 13.4. The van der Waals surface area contributed by atoms with Gasteiger partial charge in [-0.05, 0) is 136 Å². The summed E-state index contributed by atoms with van der Waals surface area (Å²) in [5.41, 5.74) is 10.6. The first-order chi connectivity index (χ1) is 33.5. The Kier molecular flexibility index (Phi) is 14.4. The minimum atomic E-state index is -0.291. The van der Waals surface area contributed by atoms with Gasteiger partial charge in [-0.2, -0.15) is 40.2 Å². The van der Waals surface area contributed by atoms with Gasteiger partial charge in [0.2, 0.25) is 0 Å². The molecule has 6 heterocycles. The summed E-state index contributed by atoms with van der Waals surface area (Å²) in [5, 5.41) is 20.6. The fourth-order valence-corrected chi connectivity index (χ4v) is 7.14. The molecule has 3 fully saturated rings. The highest BCUT2D eigenvalue weighted by Crippen LogP contribution is 2.40. The van der Waals surface area contributed by atoms with Crippen LogP contribution in [0.25, 0.3) is 17.8 Å². The molecule has 0 atom stereocenters. The van der Waals surface area contributed by atoms with Gasteiger partial charge in [0.05, 0.1) is 17.1 Å². The summed E-state index contributed by atoms with van der Waals surface area (Å²) in [6, 6.07) is 28.7. The summed E-state index contributed by atoms with van der Waals surface area (Å²) in [6.45, 7) is 0. The SMILES string of the molecule is Clc1cc(Cl)nc(-n2ccc(C3CC3)n2)n1.Fc1ccc(Nc2cc(Cl)nc(-n3ccc(C4CC4)n3)n2)cc1.Fc1ccc(Nc2ccnc(-n3ccc(C4CC4)n3)n2)cc1.Nc1ccc(F)cc1. The molecule has 3 aromatic carbocycles. The van der Waals surface area contributed by atoms with Crippen LogP contribution in [0.5, 0.6) is 0 Å². The topological polar surface area (TPSA) is 181 Å². The van der Waals surface area contributed by atoms with E-state index in [9.17, 15) is 13.2 Å². The smallest absolute Gasteiger partial charge is 0.253 e. The fraction of sp³-hybridized carbons (Fsp3) is 0.188. The van der Waals surface area contributed by atoms with Crippen molar-refractivity contribution in [3.63, 3.8) is 0 Å². The van der Waals surface area contributed by atoms with Crippen LogP contribution in [0.1, 0.15) is 73.4 Å². The number of anilines is 5. The molecular weight excluding hydrogens is 950 g/mol. The lowest BCUT2D eigenvalue weighted by molar-refractivity contribution is 0.627. The largest absolute Gasteiger partial charge is 0.399 e. The molecule has 4 N–H and O–H groups in total. The average molecular weight is 991 g/mol. The monoisotopic (exact) mass is 989 g/mol. The van der Waals surface area contributed by atoms with Gasteiger partial charge in [0, 0.05) is 71.7 Å². The van der Waals surface area contributed by atoms with Crippen LogP contribution in [-0.2, 0) is 0 Å². The van der Waals surface area contributed by atoms with E-state index >= 15 is 0 Å². The molecule has 6 aromatic heterocycles. The van der Waals surface area contributed by atoms with Gasteiger partial charge < -0.3 is 16.4 Å². The molecule has 69 heavy (non-hydrogen) atoms. The third-order valence-corrected chi connectivity index (χ3v) is 11.1. The summed E-state index contributed by atoms with van der Waals surface area (Å²) < 4.78 is 42.8. The maximum atomic E-state index is 13.0. The van der Waals surface area contributed by atoms with E-state index in [2.05, 4.69) is 55.8 Å². The zero-order valence-electron chi connectivity index (χ0n) is 36.4. The molecule has 15 nitrogen and oxygen atoms in total. The molecule has 3 aliphatic carbocycles. The molecule has 3 saturated carbocycles. The van der Waals surface area contributed by atoms with Crippen LogP contribution in [0.4, 0.5) is 41.9 Å². The summed E-state index contributed by atoms with van der Waals surface area (Å²) in [6.07, 6.45) is 14.4. The molecule has 0 bridgehead atoms. The van der Waals surface area contributed by atoms with Crippen molar-refractivity contribution in [2.45, 2.75) is 56.3 Å². The van der Waals surface area contributed by atoms with E-state index in [1.165, 1.54) is 93.1 Å². The van der Waals surface area contributed by atoms with Crippen LogP contribution in [0.2, 0.25) is 15.5 Å². The number of nitrogens with zero attached hydrogens (tertiary/aromatic N) is 12. The van der Waals surface area contributed by atoms with Gasteiger partial charge in [-0.1, -0.05) is 34.8 Å². The third-order valence-electron chi connectivity index (χ3n) is 10.5. The Morgan fingerprint density at radius 1 is 0.449 bits per heavy atom. The number of nitrogens with one attached hydrogen (secondary N) is 2. The number of nitrogen functional groups attached to an aromatic ring is 1. The molecular formula is C48H41Cl3F3N15. The minimum Gasteiger partial charge on any atom is -0.399 e. The molecule has 9 aromatic rings. The van der Waals surface area contributed by atoms with Crippen LogP contribution >= 0.6 is 34.8 Å². The standard InChI is InChI=1S/C16H13ClFN5.C16H14FN5.C10H8Cl2N4.C6H6FN/c17-14-9-15(19-12-5-3-11(18)4-6-12)21-16(20-14)23-8-7-13(22-23)10-1-2-10;17-12-3-5-13(6-4-12)19-15-7-9-18-16(20-15)22-10-8-14(21-22)11-1-2-11;11-8-5-9(12)14-10(13-8)16-4-3-7(15-16)6-1-2-6;7-5-1-3-6(8)4-2-5/h3-10H,1-2H2,(H,19,20,21);3-11H,1-2H2,(H,18,19,20);3-6H,1-2H2;1-4H,8H2. The van der Waals surface area contributed by atoms with E-state index in [0.29, 0.717) is 74.1 Å². The van der Waals surface area contributed by atoms with Crippen molar-refractivity contribution in [1.82, 2.24) is 59.2 Å². The van der Waals surface area contributed by atoms with Crippen molar-refractivity contribution in [3.8, 4) is 17.8 Å². The first-order valence-electron chi connectivity index (χ1n) is 21.8. The normalized spacial score (nSPS) is 13.8. The van der Waals surface area contributed by atoms with E-state index in [0.717, 1.165) is 22.8 Å². The predicted octanol–water partition coefficient (Wildman–Crippen LogP) is 11.8. The van der Waals surface area contributed by atoms with Crippen LogP contribution in [-0.4, -0.2) is 59.2 Å². The number of rotatable bonds is 10. The lowest BCUT2D eigenvalue weighted by atomic mass is 10.3. The fourth-order valence-electron chi connectivity index (χ4n) is 6.55.